The van der Waals surface area contributed by atoms with E-state index >= 15 is 0 Å². The van der Waals surface area contributed by atoms with Gasteiger partial charge in [0.15, 0.2) is 6.10 Å². The molecule has 2 aliphatic heterocycles. The van der Waals surface area contributed by atoms with Gasteiger partial charge in [-0.25, -0.2) is 4.79 Å². The normalized spacial score (nSPS) is 18.0. The number of allylic oxidation sites excluding steroid dienone is 1. The first kappa shape index (κ1) is 28.6. The summed E-state index contributed by atoms with van der Waals surface area (Å²) in [7, 11) is 0. The number of benzene rings is 3. The number of fused-ring (bicyclic) bond motifs is 1. The zero-order valence-corrected chi connectivity index (χ0v) is 24.9. The summed E-state index contributed by atoms with van der Waals surface area (Å²) in [5, 5.41) is 6.60. The number of aromatic nitrogens is 2. The molecule has 1 aromatic heterocycles. The molecule has 3 aromatic carbocycles. The van der Waals surface area contributed by atoms with E-state index in [9.17, 15) is 14.4 Å². The average Bonchev–Trinajstić information content (AvgIpc) is 3.46. The first-order valence-electron chi connectivity index (χ1n) is 13.8. The Morgan fingerprint density at radius 2 is 1.60 bits per heavy atom. The molecule has 216 valence electrons. The molecule has 1 unspecified atom stereocenters. The van der Waals surface area contributed by atoms with Gasteiger partial charge in [0.05, 0.1) is 6.42 Å². The molecule has 4 aromatic rings. The molecule has 1 saturated heterocycles. The lowest BCUT2D eigenvalue weighted by Gasteiger charge is -2.49. The van der Waals surface area contributed by atoms with Crippen molar-refractivity contribution >= 4 is 47.2 Å². The zero-order valence-electron chi connectivity index (χ0n) is 23.3. The highest BCUT2D eigenvalue weighted by Crippen LogP contribution is 2.42. The maximum Gasteiger partial charge on any atom is 0.356 e. The first-order valence-corrected chi connectivity index (χ1v) is 15.6. The first-order chi connectivity index (χ1) is 21.0. The van der Waals surface area contributed by atoms with Gasteiger partial charge in [-0.3, -0.25) is 14.5 Å². The van der Waals surface area contributed by atoms with Crippen LogP contribution in [0, 0.1) is 6.92 Å². The quantitative estimate of drug-likeness (QED) is 0.209. The van der Waals surface area contributed by atoms with E-state index in [0.29, 0.717) is 17.0 Å². The predicted molar refractivity (Wildman–Crippen MR) is 167 cm³/mol. The summed E-state index contributed by atoms with van der Waals surface area (Å²) in [6.07, 6.45) is 3.09. The summed E-state index contributed by atoms with van der Waals surface area (Å²) in [6, 6.07) is 27.6. The third-order valence-electron chi connectivity index (χ3n) is 7.27. The van der Waals surface area contributed by atoms with Gasteiger partial charge in [-0.2, -0.15) is 0 Å². The number of amides is 2. The molecule has 2 aliphatic rings. The Labute approximate surface area is 257 Å². The number of nitrogens with zero attached hydrogens (tertiary/aromatic N) is 3. The van der Waals surface area contributed by atoms with Crippen LogP contribution in [0.1, 0.15) is 33.4 Å². The van der Waals surface area contributed by atoms with Crippen molar-refractivity contribution in [1.29, 1.82) is 0 Å². The Balaban J connectivity index is 1.29. The van der Waals surface area contributed by atoms with Crippen LogP contribution in [0.2, 0.25) is 0 Å². The summed E-state index contributed by atoms with van der Waals surface area (Å²) >= 11 is 2.79. The fraction of sp³-hybridized carbons (Fsp3) is 0.182. The predicted octanol–water partition coefficient (Wildman–Crippen LogP) is 5.09. The average molecular weight is 609 g/mol. The molecule has 0 spiro atoms. The summed E-state index contributed by atoms with van der Waals surface area (Å²) in [5.41, 5.74) is 4.00. The molecule has 10 heteroatoms. The van der Waals surface area contributed by atoms with Crippen LogP contribution in [0.4, 0.5) is 0 Å². The molecule has 3 heterocycles. The Morgan fingerprint density at radius 1 is 0.977 bits per heavy atom. The van der Waals surface area contributed by atoms with Crippen LogP contribution < -0.4 is 5.32 Å². The van der Waals surface area contributed by atoms with Crippen LogP contribution >= 0.6 is 23.3 Å². The molecule has 1 N–H and O–H groups in total. The van der Waals surface area contributed by atoms with Gasteiger partial charge in [0.2, 0.25) is 5.91 Å². The molecular weight excluding hydrogens is 581 g/mol. The van der Waals surface area contributed by atoms with Crippen molar-refractivity contribution in [1.82, 2.24) is 19.8 Å². The van der Waals surface area contributed by atoms with Crippen molar-refractivity contribution in [3.8, 4) is 0 Å². The molecule has 2 atom stereocenters. The van der Waals surface area contributed by atoms with Crippen LogP contribution in [0.5, 0.6) is 0 Å². The molecular formula is C33H28N4O4S2. The van der Waals surface area contributed by atoms with E-state index < -0.39 is 23.5 Å². The van der Waals surface area contributed by atoms with Gasteiger partial charge in [-0.1, -0.05) is 102 Å². The number of nitrogens with one attached hydrogen (secondary N) is 1. The highest BCUT2D eigenvalue weighted by atomic mass is 32.2. The number of hydrogen-bond acceptors (Lipinski definition) is 8. The molecule has 0 aliphatic carbocycles. The standard InChI is InChI=1S/C33H28N4O4S2/c1-21-26(35-36-43-21)18-17-25-20-42-32-28(34-27(38)19-22-11-5-2-6-12-22)31(39)37(32)29(25)33(40)41-30(23-13-7-3-8-14-23)24-15-9-4-10-16-24/h2-18,28,30,32H,19-20H2,1H3,(H,34,38)/t28?,32-/m0/s1. The highest BCUT2D eigenvalue weighted by molar-refractivity contribution is 8.00. The fourth-order valence-corrected chi connectivity index (χ4v) is 6.86. The summed E-state index contributed by atoms with van der Waals surface area (Å²) in [5.74, 6) is -0.765. The number of aryl methyl sites for hydroxylation is 1. The van der Waals surface area contributed by atoms with Gasteiger partial charge in [0, 0.05) is 10.6 Å². The summed E-state index contributed by atoms with van der Waals surface area (Å²) in [4.78, 5) is 42.9. The molecule has 6 rings (SSSR count). The fourth-order valence-electron chi connectivity index (χ4n) is 5.09. The van der Waals surface area contributed by atoms with Gasteiger partial charge in [-0.15, -0.1) is 16.9 Å². The van der Waals surface area contributed by atoms with E-state index in [1.807, 2.05) is 97.9 Å². The second-order valence-electron chi connectivity index (χ2n) is 10.1. The van der Waals surface area contributed by atoms with Gasteiger partial charge >= 0.3 is 5.97 Å². The number of thioether (sulfide) groups is 1. The second-order valence-corrected chi connectivity index (χ2v) is 12.2. The number of esters is 1. The van der Waals surface area contributed by atoms with Gasteiger partial charge in [0.25, 0.3) is 5.91 Å². The number of carbonyl (C=O) groups is 3. The van der Waals surface area contributed by atoms with E-state index in [0.717, 1.165) is 21.6 Å². The van der Waals surface area contributed by atoms with Crippen molar-refractivity contribution < 1.29 is 19.1 Å². The van der Waals surface area contributed by atoms with Crippen LogP contribution in [0.25, 0.3) is 6.08 Å². The van der Waals surface area contributed by atoms with Crippen molar-refractivity contribution in [3.05, 3.63) is 136 Å². The summed E-state index contributed by atoms with van der Waals surface area (Å²) in [6.45, 7) is 1.92. The Morgan fingerprint density at radius 3 is 2.21 bits per heavy atom. The van der Waals surface area contributed by atoms with Crippen molar-refractivity contribution in [2.24, 2.45) is 0 Å². The minimum Gasteiger partial charge on any atom is -0.448 e. The smallest absolute Gasteiger partial charge is 0.356 e. The SMILES string of the molecule is Cc1snnc1C=CC1=C(C(=O)OC(c2ccccc2)c2ccccc2)N2C(=O)C(NC(=O)Cc3ccccc3)[C@@H]2SC1. The minimum atomic E-state index is -0.737. The molecule has 1 fully saturated rings. The number of ether oxygens (including phenoxy) is 1. The summed E-state index contributed by atoms with van der Waals surface area (Å²) < 4.78 is 10.2. The lowest BCUT2D eigenvalue weighted by atomic mass is 10.00. The Kier molecular flexibility index (Phi) is 8.48. The molecule has 0 saturated carbocycles. The maximum absolute atomic E-state index is 14.1. The van der Waals surface area contributed by atoms with Crippen LogP contribution in [0.3, 0.4) is 0 Å². The molecule has 8 nitrogen and oxygen atoms in total. The van der Waals surface area contributed by atoms with E-state index in [4.69, 9.17) is 4.74 Å². The van der Waals surface area contributed by atoms with Crippen molar-refractivity contribution in [3.63, 3.8) is 0 Å². The minimum absolute atomic E-state index is 0.164. The maximum atomic E-state index is 14.1. The Hall–Kier alpha value is -4.54. The van der Waals surface area contributed by atoms with E-state index in [-0.39, 0.29) is 23.9 Å². The highest BCUT2D eigenvalue weighted by Gasteiger charge is 2.54. The third kappa shape index (κ3) is 6.16. The lowest BCUT2D eigenvalue weighted by Crippen LogP contribution is -2.70. The number of rotatable bonds is 9. The van der Waals surface area contributed by atoms with Gasteiger partial charge < -0.3 is 10.1 Å². The molecule has 2 amide bonds. The second kappa shape index (κ2) is 12.8. The molecule has 0 radical (unpaired) electrons. The third-order valence-corrected chi connectivity index (χ3v) is 9.22. The van der Waals surface area contributed by atoms with Gasteiger partial charge in [-0.05, 0) is 46.8 Å². The van der Waals surface area contributed by atoms with E-state index in [1.54, 1.807) is 12.2 Å². The largest absolute Gasteiger partial charge is 0.448 e. The van der Waals surface area contributed by atoms with Gasteiger partial charge in [0.1, 0.15) is 22.8 Å². The molecule has 0 bridgehead atoms. The number of β-lactam (4-membered cyclic amide) rings is 1. The molecule has 43 heavy (non-hydrogen) atoms. The van der Waals surface area contributed by atoms with E-state index in [1.165, 1.54) is 28.2 Å². The Bertz CT molecular complexity index is 1650. The van der Waals surface area contributed by atoms with Crippen LogP contribution in [-0.4, -0.2) is 49.4 Å². The number of carbonyl (C=O) groups excluding carboxylic acids is 3. The van der Waals surface area contributed by atoms with Crippen molar-refractivity contribution in [2.45, 2.75) is 30.9 Å². The van der Waals surface area contributed by atoms with E-state index in [2.05, 4.69) is 14.9 Å². The van der Waals surface area contributed by atoms with Crippen LogP contribution in [0.15, 0.2) is 108 Å². The number of hydrogen-bond donors (Lipinski definition) is 1. The van der Waals surface area contributed by atoms with Crippen molar-refractivity contribution in [2.75, 3.05) is 5.75 Å². The lowest BCUT2D eigenvalue weighted by molar-refractivity contribution is -0.154. The van der Waals surface area contributed by atoms with Crippen LogP contribution in [-0.2, 0) is 25.5 Å². The monoisotopic (exact) mass is 608 g/mol. The zero-order chi connectivity index (χ0) is 29.8. The topological polar surface area (TPSA) is 101 Å².